The van der Waals surface area contributed by atoms with Crippen LogP contribution in [-0.2, 0) is 13.1 Å². The van der Waals surface area contributed by atoms with Gasteiger partial charge in [-0.15, -0.1) is 0 Å². The van der Waals surface area contributed by atoms with Gasteiger partial charge in [0.1, 0.15) is 5.82 Å². The minimum atomic E-state index is -0.659. The molecular weight excluding hydrogens is 316 g/mol. The molecule has 2 aromatic carbocycles. The Bertz CT molecular complexity index is 588. The molecule has 0 amide bonds. The molecule has 0 spiro atoms. The van der Waals surface area contributed by atoms with Crippen LogP contribution in [0.25, 0.3) is 0 Å². The maximum absolute atomic E-state index is 13.5. The van der Waals surface area contributed by atoms with Crippen molar-refractivity contribution >= 4 is 15.9 Å². The molecule has 0 aliphatic carbocycles. The number of phenolic OH excluding ortho intramolecular Hbond substituents is 1. The summed E-state index contributed by atoms with van der Waals surface area (Å²) in [6.07, 6.45) is 0. The molecule has 0 aliphatic heterocycles. The number of para-hydroxylation sites is 1. The Balaban J connectivity index is 2.00. The quantitative estimate of drug-likeness (QED) is 0.896. The first-order valence-electron chi connectivity index (χ1n) is 5.69. The molecule has 2 nitrogen and oxygen atoms in total. The van der Waals surface area contributed by atoms with Crippen molar-refractivity contribution < 1.29 is 13.9 Å². The van der Waals surface area contributed by atoms with E-state index in [4.69, 9.17) is 0 Å². The van der Waals surface area contributed by atoms with Crippen LogP contribution in [0.4, 0.5) is 8.78 Å². The van der Waals surface area contributed by atoms with Crippen LogP contribution in [0.15, 0.2) is 40.9 Å². The van der Waals surface area contributed by atoms with Gasteiger partial charge in [-0.25, -0.2) is 8.78 Å². The number of aromatic hydroxyl groups is 1. The lowest BCUT2D eigenvalue weighted by molar-refractivity contribution is 0.423. The van der Waals surface area contributed by atoms with Crippen molar-refractivity contribution in [3.8, 4) is 5.75 Å². The van der Waals surface area contributed by atoms with Crippen LogP contribution >= 0.6 is 15.9 Å². The molecular formula is C14H12BrF2NO. The maximum atomic E-state index is 13.5. The Kier molecular flexibility index (Phi) is 4.50. The van der Waals surface area contributed by atoms with E-state index in [1.54, 1.807) is 18.2 Å². The molecule has 0 saturated heterocycles. The number of hydrogen-bond acceptors (Lipinski definition) is 2. The van der Waals surface area contributed by atoms with Gasteiger partial charge in [-0.05, 0) is 24.3 Å². The maximum Gasteiger partial charge on any atom is 0.165 e. The first-order chi connectivity index (χ1) is 9.08. The summed E-state index contributed by atoms with van der Waals surface area (Å²) in [5.74, 6) is -1.34. The average molecular weight is 328 g/mol. The minimum Gasteiger partial charge on any atom is -0.505 e. The molecule has 5 heteroatoms. The van der Waals surface area contributed by atoms with E-state index >= 15 is 0 Å². The molecule has 0 heterocycles. The standard InChI is InChI=1S/C14H12BrF2NO/c15-11-4-5-12(16)10(6-11)8-18-7-9-2-1-3-13(17)14(9)19/h1-6,18-19H,7-8H2. The fraction of sp³-hybridized carbons (Fsp3) is 0.143. The van der Waals surface area contributed by atoms with Gasteiger partial charge in [-0.2, -0.15) is 0 Å². The van der Waals surface area contributed by atoms with E-state index in [1.807, 2.05) is 0 Å². The molecule has 2 rings (SSSR count). The monoisotopic (exact) mass is 327 g/mol. The molecule has 2 N–H and O–H groups in total. The zero-order valence-electron chi connectivity index (χ0n) is 9.96. The highest BCUT2D eigenvalue weighted by Gasteiger charge is 2.07. The van der Waals surface area contributed by atoms with Crippen LogP contribution in [0.2, 0.25) is 0 Å². The lowest BCUT2D eigenvalue weighted by Gasteiger charge is -2.08. The van der Waals surface area contributed by atoms with E-state index in [0.29, 0.717) is 17.7 Å². The minimum absolute atomic E-state index is 0.259. The summed E-state index contributed by atoms with van der Waals surface area (Å²) in [5, 5.41) is 12.5. The molecule has 0 aromatic heterocycles. The fourth-order valence-electron chi connectivity index (χ4n) is 1.71. The van der Waals surface area contributed by atoms with Gasteiger partial charge in [0.2, 0.25) is 0 Å². The van der Waals surface area contributed by atoms with E-state index in [-0.39, 0.29) is 18.1 Å². The normalized spacial score (nSPS) is 10.7. The second-order valence-electron chi connectivity index (χ2n) is 4.09. The van der Waals surface area contributed by atoms with Crippen molar-refractivity contribution in [1.82, 2.24) is 5.32 Å². The highest BCUT2D eigenvalue weighted by molar-refractivity contribution is 9.10. The number of rotatable bonds is 4. The van der Waals surface area contributed by atoms with Crippen LogP contribution < -0.4 is 5.32 Å². The van der Waals surface area contributed by atoms with Gasteiger partial charge in [-0.3, -0.25) is 0 Å². The van der Waals surface area contributed by atoms with Crippen LogP contribution in [0.3, 0.4) is 0 Å². The largest absolute Gasteiger partial charge is 0.505 e. The Morgan fingerprint density at radius 2 is 1.74 bits per heavy atom. The Labute approximate surface area is 118 Å². The Morgan fingerprint density at radius 1 is 1.00 bits per heavy atom. The predicted molar refractivity (Wildman–Crippen MR) is 72.7 cm³/mol. The summed E-state index contributed by atoms with van der Waals surface area (Å²) in [4.78, 5) is 0. The van der Waals surface area contributed by atoms with Gasteiger partial charge in [0, 0.05) is 28.7 Å². The smallest absolute Gasteiger partial charge is 0.165 e. The lowest BCUT2D eigenvalue weighted by Crippen LogP contribution is -2.14. The van der Waals surface area contributed by atoms with Gasteiger partial charge >= 0.3 is 0 Å². The van der Waals surface area contributed by atoms with Crippen LogP contribution in [0.1, 0.15) is 11.1 Å². The third-order valence-electron chi connectivity index (χ3n) is 2.71. The van der Waals surface area contributed by atoms with Crippen molar-refractivity contribution in [3.05, 3.63) is 63.6 Å². The van der Waals surface area contributed by atoms with Crippen molar-refractivity contribution in [2.45, 2.75) is 13.1 Å². The van der Waals surface area contributed by atoms with Crippen molar-refractivity contribution in [1.29, 1.82) is 0 Å². The number of benzene rings is 2. The molecule has 0 saturated carbocycles. The van der Waals surface area contributed by atoms with Gasteiger partial charge in [0.15, 0.2) is 11.6 Å². The summed E-state index contributed by atoms with van der Waals surface area (Å²) in [7, 11) is 0. The Morgan fingerprint density at radius 3 is 2.53 bits per heavy atom. The molecule has 100 valence electrons. The molecule has 0 radical (unpaired) electrons. The predicted octanol–water partition coefficient (Wildman–Crippen LogP) is 3.72. The van der Waals surface area contributed by atoms with Crippen LogP contribution in [0.5, 0.6) is 5.75 Å². The zero-order valence-corrected chi connectivity index (χ0v) is 11.5. The van der Waals surface area contributed by atoms with Gasteiger partial charge in [-0.1, -0.05) is 28.1 Å². The summed E-state index contributed by atoms with van der Waals surface area (Å²) >= 11 is 3.27. The number of hydrogen-bond donors (Lipinski definition) is 2. The molecule has 2 aromatic rings. The van der Waals surface area contributed by atoms with Crippen LogP contribution in [0, 0.1) is 11.6 Å². The van der Waals surface area contributed by atoms with Gasteiger partial charge in [0.05, 0.1) is 0 Å². The first-order valence-corrected chi connectivity index (χ1v) is 6.48. The highest BCUT2D eigenvalue weighted by Crippen LogP contribution is 2.21. The molecule has 0 fully saturated rings. The van der Waals surface area contributed by atoms with E-state index in [9.17, 15) is 13.9 Å². The Hall–Kier alpha value is -1.46. The molecule has 0 unspecified atom stereocenters. The summed E-state index contributed by atoms with van der Waals surface area (Å²) < 4.78 is 27.4. The van der Waals surface area contributed by atoms with E-state index in [1.165, 1.54) is 18.2 Å². The highest BCUT2D eigenvalue weighted by atomic mass is 79.9. The average Bonchev–Trinajstić information content (AvgIpc) is 2.38. The fourth-order valence-corrected chi connectivity index (χ4v) is 2.12. The lowest BCUT2D eigenvalue weighted by atomic mass is 10.1. The number of phenols is 1. The van der Waals surface area contributed by atoms with Crippen LogP contribution in [-0.4, -0.2) is 5.11 Å². The van der Waals surface area contributed by atoms with Gasteiger partial charge in [0.25, 0.3) is 0 Å². The second kappa shape index (κ2) is 6.12. The third kappa shape index (κ3) is 3.52. The molecule has 0 bridgehead atoms. The van der Waals surface area contributed by atoms with E-state index in [0.717, 1.165) is 4.47 Å². The summed E-state index contributed by atoms with van der Waals surface area (Å²) in [5.41, 5.74) is 0.945. The van der Waals surface area contributed by atoms with E-state index < -0.39 is 5.82 Å². The van der Waals surface area contributed by atoms with Crippen molar-refractivity contribution in [3.63, 3.8) is 0 Å². The first kappa shape index (κ1) is 14.0. The summed E-state index contributed by atoms with van der Waals surface area (Å²) in [6.45, 7) is 0.552. The molecule has 0 aliphatic rings. The molecule has 19 heavy (non-hydrogen) atoms. The summed E-state index contributed by atoms with van der Waals surface area (Å²) in [6, 6.07) is 8.99. The number of halogens is 3. The van der Waals surface area contributed by atoms with E-state index in [2.05, 4.69) is 21.2 Å². The topological polar surface area (TPSA) is 32.3 Å². The second-order valence-corrected chi connectivity index (χ2v) is 5.00. The van der Waals surface area contributed by atoms with Crippen molar-refractivity contribution in [2.75, 3.05) is 0 Å². The zero-order chi connectivity index (χ0) is 13.8. The molecule has 0 atom stereocenters. The SMILES string of the molecule is Oc1c(F)cccc1CNCc1cc(Br)ccc1F. The van der Waals surface area contributed by atoms with Gasteiger partial charge < -0.3 is 10.4 Å². The number of nitrogens with one attached hydrogen (secondary N) is 1. The third-order valence-corrected chi connectivity index (χ3v) is 3.20. The van der Waals surface area contributed by atoms with Crippen molar-refractivity contribution in [2.24, 2.45) is 0 Å².